The van der Waals surface area contributed by atoms with Gasteiger partial charge in [-0.3, -0.25) is 4.79 Å². The Balaban J connectivity index is 1.85. The second-order valence-electron chi connectivity index (χ2n) is 4.68. The molecule has 2 aromatic rings. The third kappa shape index (κ3) is 5.26. The molecule has 0 heterocycles. The zero-order valence-electron chi connectivity index (χ0n) is 12.4. The highest BCUT2D eigenvalue weighted by molar-refractivity contribution is 6.30. The second kappa shape index (κ2) is 8.25. The average molecular weight is 316 g/mol. The molecule has 0 unspecified atom stereocenters. The normalized spacial score (nSPS) is 10.6. The number of ether oxygens (including phenoxy) is 1. The maximum Gasteiger partial charge on any atom is 0.244 e. The molecule has 0 aliphatic carbocycles. The van der Waals surface area contributed by atoms with Crippen LogP contribution in [0.25, 0.3) is 6.08 Å². The quantitative estimate of drug-likeness (QED) is 0.816. The van der Waals surface area contributed by atoms with Crippen molar-refractivity contribution in [3.05, 3.63) is 70.8 Å². The molecule has 0 aliphatic heterocycles. The minimum absolute atomic E-state index is 0.145. The lowest BCUT2D eigenvalue weighted by Gasteiger charge is -2.03. The van der Waals surface area contributed by atoms with Crippen LogP contribution in [-0.4, -0.2) is 12.5 Å². The molecule has 0 saturated heterocycles. The topological polar surface area (TPSA) is 38.3 Å². The summed E-state index contributed by atoms with van der Waals surface area (Å²) in [5.41, 5.74) is 1.91. The Hall–Kier alpha value is -2.26. The molecule has 2 rings (SSSR count). The number of carbonyl (C=O) groups is 1. The SMILES string of the molecule is CCOc1ccc(/C=C/C(=O)NCc2cccc(Cl)c2)cc1. The highest BCUT2D eigenvalue weighted by Crippen LogP contribution is 2.13. The van der Waals surface area contributed by atoms with Crippen LogP contribution in [-0.2, 0) is 11.3 Å². The first-order chi connectivity index (χ1) is 10.7. The van der Waals surface area contributed by atoms with Crippen LogP contribution in [0.4, 0.5) is 0 Å². The van der Waals surface area contributed by atoms with Gasteiger partial charge in [-0.1, -0.05) is 35.9 Å². The van der Waals surface area contributed by atoms with Crippen molar-refractivity contribution in [1.29, 1.82) is 0 Å². The van der Waals surface area contributed by atoms with Crippen LogP contribution in [0.3, 0.4) is 0 Å². The molecule has 1 amide bonds. The first-order valence-corrected chi connectivity index (χ1v) is 7.48. The number of halogens is 1. The zero-order chi connectivity index (χ0) is 15.8. The Bertz CT molecular complexity index is 650. The standard InChI is InChI=1S/C18H18ClNO2/c1-2-22-17-9-6-14(7-10-17)8-11-18(21)20-13-15-4-3-5-16(19)12-15/h3-12H,2,13H2,1H3,(H,20,21)/b11-8+. The van der Waals surface area contributed by atoms with Gasteiger partial charge in [0.15, 0.2) is 0 Å². The highest BCUT2D eigenvalue weighted by atomic mass is 35.5. The molecule has 0 aliphatic rings. The molecule has 114 valence electrons. The summed E-state index contributed by atoms with van der Waals surface area (Å²) >= 11 is 5.90. The molecular formula is C18H18ClNO2. The van der Waals surface area contributed by atoms with Crippen LogP contribution in [0.5, 0.6) is 5.75 Å². The number of carbonyl (C=O) groups excluding carboxylic acids is 1. The third-order valence-corrected chi connectivity index (χ3v) is 3.21. The summed E-state index contributed by atoms with van der Waals surface area (Å²) in [4.78, 5) is 11.8. The largest absolute Gasteiger partial charge is 0.494 e. The van der Waals surface area contributed by atoms with Gasteiger partial charge in [0.05, 0.1) is 6.61 Å². The van der Waals surface area contributed by atoms with E-state index < -0.39 is 0 Å². The van der Waals surface area contributed by atoms with Gasteiger partial charge in [0.2, 0.25) is 5.91 Å². The summed E-state index contributed by atoms with van der Waals surface area (Å²) in [7, 11) is 0. The van der Waals surface area contributed by atoms with Crippen LogP contribution in [0.1, 0.15) is 18.1 Å². The van der Waals surface area contributed by atoms with Crippen molar-refractivity contribution in [2.75, 3.05) is 6.61 Å². The molecule has 0 saturated carbocycles. The van der Waals surface area contributed by atoms with Crippen molar-refractivity contribution < 1.29 is 9.53 Å². The Labute approximate surface area is 135 Å². The minimum Gasteiger partial charge on any atom is -0.494 e. The van der Waals surface area contributed by atoms with Gasteiger partial charge in [-0.25, -0.2) is 0 Å². The smallest absolute Gasteiger partial charge is 0.244 e. The van der Waals surface area contributed by atoms with Crippen LogP contribution < -0.4 is 10.1 Å². The summed E-state index contributed by atoms with van der Waals surface area (Å²) in [5.74, 6) is 0.680. The Morgan fingerprint density at radius 1 is 1.23 bits per heavy atom. The molecule has 0 fully saturated rings. The fraction of sp³-hybridized carbons (Fsp3) is 0.167. The van der Waals surface area contributed by atoms with Crippen LogP contribution in [0, 0.1) is 0 Å². The second-order valence-corrected chi connectivity index (χ2v) is 5.12. The molecule has 0 atom stereocenters. The van der Waals surface area contributed by atoms with Crippen molar-refractivity contribution in [2.45, 2.75) is 13.5 Å². The predicted molar refractivity (Wildman–Crippen MR) is 89.9 cm³/mol. The molecular weight excluding hydrogens is 298 g/mol. The Morgan fingerprint density at radius 2 is 2.00 bits per heavy atom. The van der Waals surface area contributed by atoms with Crippen LogP contribution in [0.2, 0.25) is 5.02 Å². The van der Waals surface area contributed by atoms with Crippen molar-refractivity contribution in [3.63, 3.8) is 0 Å². The molecule has 22 heavy (non-hydrogen) atoms. The van der Waals surface area contributed by atoms with E-state index in [1.165, 1.54) is 6.08 Å². The summed E-state index contributed by atoms with van der Waals surface area (Å²) in [6.45, 7) is 3.03. The van der Waals surface area contributed by atoms with E-state index in [9.17, 15) is 4.79 Å². The minimum atomic E-state index is -0.145. The van der Waals surface area contributed by atoms with E-state index in [1.807, 2.05) is 49.4 Å². The summed E-state index contributed by atoms with van der Waals surface area (Å²) < 4.78 is 5.37. The highest BCUT2D eigenvalue weighted by Gasteiger charge is 1.98. The van der Waals surface area contributed by atoms with Gasteiger partial charge in [-0.2, -0.15) is 0 Å². The maximum atomic E-state index is 11.8. The van der Waals surface area contributed by atoms with E-state index in [0.29, 0.717) is 18.2 Å². The number of amides is 1. The number of hydrogen-bond donors (Lipinski definition) is 1. The maximum absolute atomic E-state index is 11.8. The van der Waals surface area contributed by atoms with Gasteiger partial charge in [0.1, 0.15) is 5.75 Å². The zero-order valence-corrected chi connectivity index (χ0v) is 13.1. The number of nitrogens with one attached hydrogen (secondary N) is 1. The van der Waals surface area contributed by atoms with E-state index >= 15 is 0 Å². The Morgan fingerprint density at radius 3 is 2.68 bits per heavy atom. The summed E-state index contributed by atoms with van der Waals surface area (Å²) in [6, 6.07) is 15.0. The van der Waals surface area contributed by atoms with E-state index in [1.54, 1.807) is 12.1 Å². The predicted octanol–water partition coefficient (Wildman–Crippen LogP) is 4.07. The fourth-order valence-corrected chi connectivity index (χ4v) is 2.12. The van der Waals surface area contributed by atoms with Gasteiger partial charge in [-0.15, -0.1) is 0 Å². The first kappa shape index (κ1) is 16.1. The number of rotatable bonds is 6. The summed E-state index contributed by atoms with van der Waals surface area (Å²) in [5, 5.41) is 3.48. The van der Waals surface area contributed by atoms with Gasteiger partial charge in [0.25, 0.3) is 0 Å². The molecule has 4 heteroatoms. The van der Waals surface area contributed by atoms with E-state index in [2.05, 4.69) is 5.32 Å². The molecule has 0 bridgehead atoms. The van der Waals surface area contributed by atoms with Crippen molar-refractivity contribution in [1.82, 2.24) is 5.32 Å². The fourth-order valence-electron chi connectivity index (χ4n) is 1.91. The molecule has 0 spiro atoms. The summed E-state index contributed by atoms with van der Waals surface area (Å²) in [6.07, 6.45) is 3.28. The van der Waals surface area contributed by atoms with Gasteiger partial charge < -0.3 is 10.1 Å². The lowest BCUT2D eigenvalue weighted by atomic mass is 10.2. The average Bonchev–Trinajstić information content (AvgIpc) is 2.53. The van der Waals surface area contributed by atoms with E-state index in [4.69, 9.17) is 16.3 Å². The monoisotopic (exact) mass is 315 g/mol. The Kier molecular flexibility index (Phi) is 6.04. The molecule has 2 aromatic carbocycles. The van der Waals surface area contributed by atoms with Crippen LogP contribution in [0.15, 0.2) is 54.6 Å². The first-order valence-electron chi connectivity index (χ1n) is 7.10. The van der Waals surface area contributed by atoms with Gasteiger partial charge >= 0.3 is 0 Å². The van der Waals surface area contributed by atoms with Crippen molar-refractivity contribution >= 4 is 23.6 Å². The van der Waals surface area contributed by atoms with Gasteiger partial charge in [-0.05, 0) is 48.4 Å². The molecule has 3 nitrogen and oxygen atoms in total. The van der Waals surface area contributed by atoms with Crippen LogP contribution >= 0.6 is 11.6 Å². The molecule has 0 radical (unpaired) electrons. The number of benzene rings is 2. The van der Waals surface area contributed by atoms with E-state index in [0.717, 1.165) is 16.9 Å². The third-order valence-electron chi connectivity index (χ3n) is 2.97. The lowest BCUT2D eigenvalue weighted by molar-refractivity contribution is -0.116. The molecule has 1 N–H and O–H groups in total. The number of hydrogen-bond acceptors (Lipinski definition) is 2. The van der Waals surface area contributed by atoms with E-state index in [-0.39, 0.29) is 5.91 Å². The van der Waals surface area contributed by atoms with Crippen molar-refractivity contribution in [2.24, 2.45) is 0 Å². The lowest BCUT2D eigenvalue weighted by Crippen LogP contribution is -2.20. The van der Waals surface area contributed by atoms with Gasteiger partial charge in [0, 0.05) is 17.6 Å². The van der Waals surface area contributed by atoms with Crippen molar-refractivity contribution in [3.8, 4) is 5.75 Å². The molecule has 0 aromatic heterocycles.